The van der Waals surface area contributed by atoms with Gasteiger partial charge >= 0.3 is 12.0 Å². The van der Waals surface area contributed by atoms with Gasteiger partial charge in [0.05, 0.1) is 46.7 Å². The Labute approximate surface area is 242 Å². The number of halogens is 2. The smallest absolute Gasteiger partial charge is 0.337 e. The largest absolute Gasteiger partial charge is 0.494 e. The van der Waals surface area contributed by atoms with Gasteiger partial charge in [-0.05, 0) is 87.8 Å². The van der Waals surface area contributed by atoms with Crippen LogP contribution in [-0.2, 0) is 9.53 Å². The van der Waals surface area contributed by atoms with Crippen molar-refractivity contribution in [3.63, 3.8) is 0 Å². The van der Waals surface area contributed by atoms with Crippen LogP contribution in [0.2, 0.25) is 0 Å². The number of amides is 2. The van der Waals surface area contributed by atoms with Gasteiger partial charge in [0, 0.05) is 5.70 Å². The van der Waals surface area contributed by atoms with Crippen molar-refractivity contribution in [2.75, 3.05) is 27.4 Å². The first-order valence-corrected chi connectivity index (χ1v) is 13.3. The minimum Gasteiger partial charge on any atom is -0.494 e. The van der Waals surface area contributed by atoms with Gasteiger partial charge in [-0.25, -0.2) is 9.59 Å². The number of benzene rings is 2. The van der Waals surface area contributed by atoms with Gasteiger partial charge in [0.1, 0.15) is 12.4 Å². The van der Waals surface area contributed by atoms with Gasteiger partial charge in [-0.2, -0.15) is 5.10 Å². The lowest BCUT2D eigenvalue weighted by atomic mass is 9.95. The second-order valence-electron chi connectivity index (χ2n) is 7.93. The van der Waals surface area contributed by atoms with Crippen LogP contribution < -0.4 is 30.3 Å². The summed E-state index contributed by atoms with van der Waals surface area (Å²) in [6.07, 6.45) is 0.457. The fraction of sp³-hybridized carbons (Fsp3) is 0.320. The van der Waals surface area contributed by atoms with E-state index in [0.29, 0.717) is 29.4 Å². The van der Waals surface area contributed by atoms with Crippen molar-refractivity contribution in [1.82, 2.24) is 16.1 Å². The molecule has 204 valence electrons. The van der Waals surface area contributed by atoms with Crippen molar-refractivity contribution in [2.45, 2.75) is 26.1 Å². The van der Waals surface area contributed by atoms with Crippen molar-refractivity contribution in [1.29, 1.82) is 0 Å². The molecule has 0 bridgehead atoms. The third kappa shape index (κ3) is 7.29. The molecule has 0 unspecified atom stereocenters. The van der Waals surface area contributed by atoms with Crippen LogP contribution in [0.1, 0.15) is 31.0 Å². The number of ether oxygens (including phenoxy) is 4. The Balaban J connectivity index is 1.70. The number of aliphatic hydroxyl groups is 1. The zero-order valence-corrected chi connectivity index (χ0v) is 24.9. The normalized spacial score (nSPS) is 16.0. The summed E-state index contributed by atoms with van der Waals surface area (Å²) in [6, 6.07) is 7.57. The fourth-order valence-corrected chi connectivity index (χ4v) is 5.55. The zero-order chi connectivity index (χ0) is 27.8. The maximum absolute atomic E-state index is 12.4. The molecular weight excluding hydrogens is 675 g/mol. The third-order valence-corrected chi connectivity index (χ3v) is 6.72. The second-order valence-corrected chi connectivity index (χ2v) is 9.95. The second kappa shape index (κ2) is 13.7. The minimum absolute atomic E-state index is 0.128. The maximum atomic E-state index is 12.4. The van der Waals surface area contributed by atoms with E-state index in [1.165, 1.54) is 7.11 Å². The van der Waals surface area contributed by atoms with Gasteiger partial charge in [-0.3, -0.25) is 5.43 Å². The molecule has 1 aliphatic rings. The highest BCUT2D eigenvalue weighted by atomic mass is 127. The summed E-state index contributed by atoms with van der Waals surface area (Å²) in [5.74, 6) is 0.919. The predicted molar refractivity (Wildman–Crippen MR) is 152 cm³/mol. The average Bonchev–Trinajstić information content (AvgIpc) is 2.87. The van der Waals surface area contributed by atoms with E-state index in [1.807, 2.05) is 19.1 Å². The van der Waals surface area contributed by atoms with Crippen LogP contribution in [0.25, 0.3) is 0 Å². The monoisotopic (exact) mass is 702 g/mol. The molecule has 0 aromatic heterocycles. The van der Waals surface area contributed by atoms with E-state index < -0.39 is 24.3 Å². The number of hydrogen-bond donors (Lipinski definition) is 4. The van der Waals surface area contributed by atoms with Crippen LogP contribution in [0.15, 0.2) is 51.2 Å². The van der Waals surface area contributed by atoms with Crippen LogP contribution >= 0.6 is 38.5 Å². The van der Waals surface area contributed by atoms with Crippen molar-refractivity contribution >= 4 is 56.7 Å². The van der Waals surface area contributed by atoms with Crippen molar-refractivity contribution in [3.05, 3.63) is 60.8 Å². The lowest BCUT2D eigenvalue weighted by molar-refractivity contribution is -0.136. The van der Waals surface area contributed by atoms with E-state index in [4.69, 9.17) is 18.9 Å². The number of hydrazone groups is 1. The number of esters is 1. The number of methoxy groups -OCH3 is 2. The van der Waals surface area contributed by atoms with Crippen LogP contribution in [0.3, 0.4) is 0 Å². The summed E-state index contributed by atoms with van der Waals surface area (Å²) in [7, 11) is 2.88. The van der Waals surface area contributed by atoms with Gasteiger partial charge in [-0.1, -0.05) is 6.07 Å². The first-order valence-electron chi connectivity index (χ1n) is 11.4. The van der Waals surface area contributed by atoms with Crippen LogP contribution in [-0.4, -0.2) is 57.0 Å². The first kappa shape index (κ1) is 29.5. The first-order chi connectivity index (χ1) is 18.2. The standard InChI is InChI=1S/C25H28BrIN4O7/c1-5-37-19-10-15(22-21(24(33)36-4)13(2)29-25(34)30-22)6-7-18(19)38-12-20(32)31-28-11-14-8-16(26)23(35-3)17(27)9-14/h6-11,20,22,31-32H,5,12H2,1-4H3,(H2,29,30,34)/b28-11-/t20-,22+/m1/s1. The van der Waals surface area contributed by atoms with E-state index in [-0.39, 0.29) is 12.2 Å². The lowest BCUT2D eigenvalue weighted by Crippen LogP contribution is -2.45. The number of nitrogens with one attached hydrogen (secondary N) is 3. The van der Waals surface area contributed by atoms with Gasteiger partial charge in [-0.15, -0.1) is 0 Å². The van der Waals surface area contributed by atoms with Gasteiger partial charge in [0.2, 0.25) is 0 Å². The van der Waals surface area contributed by atoms with Crippen molar-refractivity contribution < 1.29 is 33.6 Å². The molecular formula is C25H28BrIN4O7. The Morgan fingerprint density at radius 3 is 2.68 bits per heavy atom. The Hall–Kier alpha value is -3.04. The Morgan fingerprint density at radius 2 is 2.03 bits per heavy atom. The van der Waals surface area contributed by atoms with Crippen LogP contribution in [0, 0.1) is 3.57 Å². The van der Waals surface area contributed by atoms with E-state index >= 15 is 0 Å². The fourth-order valence-electron chi connectivity index (χ4n) is 3.67. The minimum atomic E-state index is -1.11. The summed E-state index contributed by atoms with van der Waals surface area (Å²) in [6.45, 7) is 3.66. The van der Waals surface area contributed by atoms with Crippen LogP contribution in [0.4, 0.5) is 4.79 Å². The highest BCUT2D eigenvalue weighted by molar-refractivity contribution is 14.1. The number of nitrogens with zero attached hydrogens (tertiary/aromatic N) is 1. The number of hydrogen-bond acceptors (Lipinski definition) is 9. The van der Waals surface area contributed by atoms with E-state index in [1.54, 1.807) is 38.4 Å². The molecule has 4 N–H and O–H groups in total. The van der Waals surface area contributed by atoms with E-state index in [9.17, 15) is 14.7 Å². The van der Waals surface area contributed by atoms with Gasteiger partial charge in [0.15, 0.2) is 17.7 Å². The molecule has 0 aliphatic carbocycles. The number of carbonyl (C=O) groups is 2. The quantitative estimate of drug-likeness (QED) is 0.0917. The number of allylic oxidation sites excluding steroid dienone is 1. The molecule has 0 fully saturated rings. The van der Waals surface area contributed by atoms with E-state index in [0.717, 1.165) is 19.4 Å². The molecule has 1 heterocycles. The number of rotatable bonds is 11. The lowest BCUT2D eigenvalue weighted by Gasteiger charge is -2.28. The van der Waals surface area contributed by atoms with Gasteiger partial charge < -0.3 is 34.7 Å². The molecule has 2 atom stereocenters. The van der Waals surface area contributed by atoms with Gasteiger partial charge in [0.25, 0.3) is 0 Å². The molecule has 1 aliphatic heterocycles. The number of carbonyl (C=O) groups excluding carboxylic acids is 2. The zero-order valence-electron chi connectivity index (χ0n) is 21.1. The molecule has 0 saturated heterocycles. The Bertz CT molecular complexity index is 1230. The third-order valence-electron chi connectivity index (χ3n) is 5.33. The topological polar surface area (TPSA) is 140 Å². The van der Waals surface area contributed by atoms with Crippen molar-refractivity contribution in [3.8, 4) is 17.2 Å². The summed E-state index contributed by atoms with van der Waals surface area (Å²) in [4.78, 5) is 24.5. The highest BCUT2D eigenvalue weighted by Crippen LogP contribution is 2.35. The molecule has 13 heteroatoms. The molecule has 0 saturated carbocycles. The molecule has 3 rings (SSSR count). The summed E-state index contributed by atoms with van der Waals surface area (Å²) in [5.41, 5.74) is 4.69. The molecule has 11 nitrogen and oxygen atoms in total. The molecule has 2 aromatic carbocycles. The van der Waals surface area contributed by atoms with Crippen LogP contribution in [0.5, 0.6) is 17.2 Å². The molecule has 2 aromatic rings. The molecule has 0 spiro atoms. The number of urea groups is 1. The Kier molecular flexibility index (Phi) is 10.6. The van der Waals surface area contributed by atoms with E-state index in [2.05, 4.69) is 59.7 Å². The molecule has 0 radical (unpaired) electrons. The average molecular weight is 703 g/mol. The Morgan fingerprint density at radius 1 is 1.26 bits per heavy atom. The SMILES string of the molecule is CCOc1cc([C@@H]2NC(=O)NC(C)=C2C(=O)OC)ccc1OC[C@@H](O)N/N=C\c1cc(Br)c(OC)c(I)c1. The summed E-state index contributed by atoms with van der Waals surface area (Å²) in [5, 5.41) is 19.7. The summed E-state index contributed by atoms with van der Waals surface area (Å²) < 4.78 is 23.4. The highest BCUT2D eigenvalue weighted by Gasteiger charge is 2.32. The molecule has 2 amide bonds. The van der Waals surface area contributed by atoms with Crippen molar-refractivity contribution in [2.24, 2.45) is 5.10 Å². The predicted octanol–water partition coefficient (Wildman–Crippen LogP) is 3.58. The molecule has 38 heavy (non-hydrogen) atoms. The maximum Gasteiger partial charge on any atom is 0.337 e. The summed E-state index contributed by atoms with van der Waals surface area (Å²) >= 11 is 5.62. The number of aliphatic hydroxyl groups excluding tert-OH is 1.